The second-order valence-corrected chi connectivity index (χ2v) is 9.40. The smallest absolute Gasteiger partial charge is 0.0983 e. The zero-order valence-electron chi connectivity index (χ0n) is 18.0. The Bertz CT molecular complexity index is 1170. The molecule has 2 nitrogen and oxygen atoms in total. The van der Waals surface area contributed by atoms with Gasteiger partial charge in [0.15, 0.2) is 0 Å². The third-order valence-electron chi connectivity index (χ3n) is 7.32. The van der Waals surface area contributed by atoms with Gasteiger partial charge in [0, 0.05) is 25.7 Å². The van der Waals surface area contributed by atoms with Crippen LogP contribution >= 0.6 is 0 Å². The fraction of sp³-hybridized carbons (Fsp3) is 0.200. The van der Waals surface area contributed by atoms with E-state index in [1.807, 2.05) is 60.7 Å². The van der Waals surface area contributed by atoms with Crippen molar-refractivity contribution in [2.45, 2.75) is 36.9 Å². The van der Waals surface area contributed by atoms with Gasteiger partial charge < -0.3 is 10.2 Å². The van der Waals surface area contributed by atoms with Gasteiger partial charge in [0.05, 0.1) is 11.2 Å². The van der Waals surface area contributed by atoms with Crippen molar-refractivity contribution < 1.29 is 10.2 Å². The minimum Gasteiger partial charge on any atom is -0.384 e. The molecule has 2 N–H and O–H groups in total. The molecule has 0 unspecified atom stereocenters. The van der Waals surface area contributed by atoms with Gasteiger partial charge in [-0.25, -0.2) is 0 Å². The van der Waals surface area contributed by atoms with Crippen LogP contribution < -0.4 is 0 Å². The van der Waals surface area contributed by atoms with Crippen LogP contribution in [0.25, 0.3) is 11.1 Å². The maximum atomic E-state index is 11.8. The van der Waals surface area contributed by atoms with E-state index >= 15 is 0 Å². The van der Waals surface area contributed by atoms with Gasteiger partial charge in [-0.15, -0.1) is 0 Å². The second-order valence-electron chi connectivity index (χ2n) is 9.40. The number of hydrogen-bond acceptors (Lipinski definition) is 2. The van der Waals surface area contributed by atoms with Gasteiger partial charge in [0.25, 0.3) is 0 Å². The van der Waals surface area contributed by atoms with E-state index in [2.05, 4.69) is 36.4 Å². The summed E-state index contributed by atoms with van der Waals surface area (Å²) in [6.45, 7) is 0. The Morgan fingerprint density at radius 3 is 1.03 bits per heavy atom. The van der Waals surface area contributed by atoms with Crippen LogP contribution in [0.15, 0.2) is 97.1 Å². The van der Waals surface area contributed by atoms with Crippen LogP contribution in [0.1, 0.15) is 33.4 Å². The van der Waals surface area contributed by atoms with E-state index in [9.17, 15) is 10.2 Å². The molecule has 0 saturated carbocycles. The SMILES string of the molecule is OC1(c2ccccc2-c2ccccc2C2(O)Cc3ccccc3C2)Cc2ccccc2C1. The molecule has 32 heavy (non-hydrogen) atoms. The van der Waals surface area contributed by atoms with E-state index < -0.39 is 11.2 Å². The van der Waals surface area contributed by atoms with Crippen molar-refractivity contribution in [3.63, 3.8) is 0 Å². The van der Waals surface area contributed by atoms with Crippen molar-refractivity contribution in [3.8, 4) is 11.1 Å². The van der Waals surface area contributed by atoms with Crippen LogP contribution in [0, 0.1) is 0 Å². The highest BCUT2D eigenvalue weighted by Crippen LogP contribution is 2.46. The average Bonchev–Trinajstić information content (AvgIpc) is 3.36. The molecule has 0 aliphatic heterocycles. The number of hydrogen-bond donors (Lipinski definition) is 2. The molecule has 0 saturated heterocycles. The first-order chi connectivity index (χ1) is 15.6. The highest BCUT2D eigenvalue weighted by atomic mass is 16.3. The third-order valence-corrected chi connectivity index (χ3v) is 7.32. The highest BCUT2D eigenvalue weighted by Gasteiger charge is 2.41. The zero-order chi connectivity index (χ0) is 21.8. The summed E-state index contributed by atoms with van der Waals surface area (Å²) < 4.78 is 0. The largest absolute Gasteiger partial charge is 0.384 e. The summed E-state index contributed by atoms with van der Waals surface area (Å²) in [5, 5.41) is 23.7. The lowest BCUT2D eigenvalue weighted by atomic mass is 9.80. The first kappa shape index (κ1) is 19.5. The van der Waals surface area contributed by atoms with E-state index in [0.717, 1.165) is 22.3 Å². The fourth-order valence-electron chi connectivity index (χ4n) is 5.82. The minimum absolute atomic E-state index is 0.609. The van der Waals surface area contributed by atoms with E-state index in [4.69, 9.17) is 0 Å². The lowest BCUT2D eigenvalue weighted by Gasteiger charge is -2.30. The van der Waals surface area contributed by atoms with Crippen molar-refractivity contribution in [1.29, 1.82) is 0 Å². The Hall–Kier alpha value is -3.20. The van der Waals surface area contributed by atoms with Crippen LogP contribution in [0.3, 0.4) is 0 Å². The first-order valence-electron chi connectivity index (χ1n) is 11.3. The van der Waals surface area contributed by atoms with E-state index in [0.29, 0.717) is 25.7 Å². The van der Waals surface area contributed by atoms with Crippen molar-refractivity contribution >= 4 is 0 Å². The van der Waals surface area contributed by atoms with Gasteiger partial charge >= 0.3 is 0 Å². The standard InChI is InChI=1S/C30H26O2/c31-29(17-21-9-1-2-10-22(21)18-29)27-15-7-5-13-25(27)26-14-6-8-16-28(26)30(32)19-23-11-3-4-12-24(23)20-30/h1-16,31-32H,17-20H2. The molecule has 0 aromatic heterocycles. The molecule has 2 aliphatic carbocycles. The van der Waals surface area contributed by atoms with Crippen LogP contribution in [-0.2, 0) is 36.9 Å². The molecule has 0 bridgehead atoms. The van der Waals surface area contributed by atoms with Crippen LogP contribution in [0.5, 0.6) is 0 Å². The topological polar surface area (TPSA) is 40.5 Å². The lowest BCUT2D eigenvalue weighted by molar-refractivity contribution is 0.0465. The van der Waals surface area contributed by atoms with Crippen molar-refractivity contribution in [2.24, 2.45) is 0 Å². The Morgan fingerprint density at radius 1 is 0.406 bits per heavy atom. The van der Waals surface area contributed by atoms with Crippen molar-refractivity contribution in [3.05, 3.63) is 130 Å². The van der Waals surface area contributed by atoms with Crippen LogP contribution in [0.4, 0.5) is 0 Å². The molecule has 6 rings (SSSR count). The molecule has 0 amide bonds. The normalized spacial score (nSPS) is 17.7. The number of benzene rings is 4. The van der Waals surface area contributed by atoms with Gasteiger partial charge in [-0.3, -0.25) is 0 Å². The maximum absolute atomic E-state index is 11.8. The Labute approximate surface area is 188 Å². The Balaban J connectivity index is 1.46. The Kier molecular flexibility index (Phi) is 4.36. The van der Waals surface area contributed by atoms with Gasteiger partial charge in [-0.1, -0.05) is 97.1 Å². The average molecular weight is 419 g/mol. The monoisotopic (exact) mass is 418 g/mol. The van der Waals surface area contributed by atoms with Crippen LogP contribution in [0.2, 0.25) is 0 Å². The van der Waals surface area contributed by atoms with Gasteiger partial charge in [-0.2, -0.15) is 0 Å². The molecule has 0 spiro atoms. The summed E-state index contributed by atoms with van der Waals surface area (Å²) in [4.78, 5) is 0. The summed E-state index contributed by atoms with van der Waals surface area (Å²) in [6.07, 6.45) is 2.44. The molecule has 0 heterocycles. The van der Waals surface area contributed by atoms with E-state index in [1.54, 1.807) is 0 Å². The maximum Gasteiger partial charge on any atom is 0.0983 e. The highest BCUT2D eigenvalue weighted by molar-refractivity contribution is 5.74. The molecule has 4 aromatic rings. The molecular weight excluding hydrogens is 392 g/mol. The second kappa shape index (κ2) is 7.16. The van der Waals surface area contributed by atoms with E-state index in [-0.39, 0.29) is 0 Å². The molecule has 2 heteroatoms. The summed E-state index contributed by atoms with van der Waals surface area (Å²) in [5.41, 5.74) is 6.82. The molecular formula is C30H26O2. The predicted octanol–water partition coefficient (Wildman–Crippen LogP) is 5.33. The molecule has 4 aromatic carbocycles. The van der Waals surface area contributed by atoms with Crippen molar-refractivity contribution in [2.75, 3.05) is 0 Å². The molecule has 0 fully saturated rings. The van der Waals surface area contributed by atoms with Crippen LogP contribution in [-0.4, -0.2) is 10.2 Å². The third kappa shape index (κ3) is 3.02. The van der Waals surface area contributed by atoms with Gasteiger partial charge in [0.2, 0.25) is 0 Å². The van der Waals surface area contributed by atoms with Gasteiger partial charge in [-0.05, 0) is 44.5 Å². The Morgan fingerprint density at radius 2 is 0.688 bits per heavy atom. The summed E-state index contributed by atoms with van der Waals surface area (Å²) in [5.74, 6) is 0. The predicted molar refractivity (Wildman–Crippen MR) is 127 cm³/mol. The van der Waals surface area contributed by atoms with Gasteiger partial charge in [0.1, 0.15) is 0 Å². The summed E-state index contributed by atoms with van der Waals surface area (Å²) >= 11 is 0. The summed E-state index contributed by atoms with van der Waals surface area (Å²) in [6, 6.07) is 32.9. The molecule has 2 aliphatic rings. The molecule has 158 valence electrons. The first-order valence-corrected chi connectivity index (χ1v) is 11.3. The number of rotatable bonds is 3. The summed E-state index contributed by atoms with van der Waals surface area (Å²) in [7, 11) is 0. The molecule has 0 atom stereocenters. The van der Waals surface area contributed by atoms with Crippen molar-refractivity contribution in [1.82, 2.24) is 0 Å². The minimum atomic E-state index is -0.950. The number of aliphatic hydroxyl groups is 2. The fourth-order valence-corrected chi connectivity index (χ4v) is 5.82. The lowest BCUT2D eigenvalue weighted by Crippen LogP contribution is -2.29. The van der Waals surface area contributed by atoms with E-state index in [1.165, 1.54) is 22.3 Å². The quantitative estimate of drug-likeness (QED) is 0.472. The molecule has 0 radical (unpaired) electrons. The number of fused-ring (bicyclic) bond motifs is 2. The zero-order valence-corrected chi connectivity index (χ0v) is 18.0.